The Bertz CT molecular complexity index is 617. The Morgan fingerprint density at radius 3 is 2.48 bits per heavy atom. The molecule has 1 amide bonds. The summed E-state index contributed by atoms with van der Waals surface area (Å²) in [6, 6.07) is 13.2. The Morgan fingerprint density at radius 1 is 1.14 bits per heavy atom. The van der Waals surface area contributed by atoms with Gasteiger partial charge in [0.05, 0.1) is 0 Å². The Balaban J connectivity index is 2.39. The lowest BCUT2D eigenvalue weighted by Gasteiger charge is -2.07. The van der Waals surface area contributed by atoms with Gasteiger partial charge in [0.25, 0.3) is 5.91 Å². The second-order valence-electron chi connectivity index (χ2n) is 4.75. The monoisotopic (exact) mass is 282 g/mol. The normalized spacial score (nSPS) is 10.2. The van der Waals surface area contributed by atoms with E-state index in [-0.39, 0.29) is 17.4 Å². The van der Waals surface area contributed by atoms with Crippen molar-refractivity contribution in [1.82, 2.24) is 10.3 Å². The van der Waals surface area contributed by atoms with Crippen molar-refractivity contribution in [3.05, 3.63) is 65.0 Å². The number of rotatable bonds is 5. The average Bonchev–Trinajstić information content (AvgIpc) is 2.53. The Hall–Kier alpha value is -2.49. The van der Waals surface area contributed by atoms with Gasteiger partial charge in [-0.2, -0.15) is 0 Å². The van der Waals surface area contributed by atoms with Gasteiger partial charge in [-0.05, 0) is 17.7 Å². The van der Waals surface area contributed by atoms with E-state index in [0.717, 1.165) is 11.3 Å². The molecule has 108 valence electrons. The highest BCUT2D eigenvalue weighted by Crippen LogP contribution is 2.13. The number of amides is 1. The molecule has 1 N–H and O–H groups in total. The zero-order chi connectivity index (χ0) is 15.2. The topological polar surface area (TPSA) is 59.1 Å². The van der Waals surface area contributed by atoms with E-state index in [1.807, 2.05) is 30.3 Å². The van der Waals surface area contributed by atoms with Crippen molar-refractivity contribution >= 4 is 11.7 Å². The van der Waals surface area contributed by atoms with E-state index in [1.165, 1.54) is 0 Å². The van der Waals surface area contributed by atoms with E-state index >= 15 is 0 Å². The molecule has 1 aromatic carbocycles. The van der Waals surface area contributed by atoms with E-state index in [1.54, 1.807) is 26.1 Å². The largest absolute Gasteiger partial charge is 0.354 e. The number of aromatic nitrogens is 1. The minimum atomic E-state index is -0.282. The minimum Gasteiger partial charge on any atom is -0.354 e. The lowest BCUT2D eigenvalue weighted by Crippen LogP contribution is -2.20. The van der Waals surface area contributed by atoms with Crippen molar-refractivity contribution in [2.75, 3.05) is 7.05 Å². The summed E-state index contributed by atoms with van der Waals surface area (Å²) in [5.41, 5.74) is 2.63. The van der Waals surface area contributed by atoms with Crippen LogP contribution in [0, 0.1) is 0 Å². The summed E-state index contributed by atoms with van der Waals surface area (Å²) in [4.78, 5) is 28.1. The van der Waals surface area contributed by atoms with Crippen LogP contribution in [0.25, 0.3) is 0 Å². The molecule has 4 heteroatoms. The molecule has 1 aromatic heterocycles. The molecule has 1 heterocycles. The summed E-state index contributed by atoms with van der Waals surface area (Å²) in [6.45, 7) is 1.80. The number of nitrogens with zero attached hydrogens (tertiary/aromatic N) is 1. The number of carbonyl (C=O) groups is 2. The maximum absolute atomic E-state index is 11.9. The summed E-state index contributed by atoms with van der Waals surface area (Å²) in [7, 11) is 1.55. The van der Waals surface area contributed by atoms with E-state index in [0.29, 0.717) is 18.4 Å². The Morgan fingerprint density at radius 2 is 1.86 bits per heavy atom. The fourth-order valence-corrected chi connectivity index (χ4v) is 2.09. The van der Waals surface area contributed by atoms with Gasteiger partial charge in [0, 0.05) is 31.1 Å². The molecule has 0 atom stereocenters. The second kappa shape index (κ2) is 6.79. The minimum absolute atomic E-state index is 0.0110. The summed E-state index contributed by atoms with van der Waals surface area (Å²) >= 11 is 0. The summed E-state index contributed by atoms with van der Waals surface area (Å²) in [5, 5.41) is 2.54. The maximum atomic E-state index is 11.9. The van der Waals surface area contributed by atoms with Crippen molar-refractivity contribution < 1.29 is 9.59 Å². The highest BCUT2D eigenvalue weighted by molar-refractivity contribution is 5.99. The van der Waals surface area contributed by atoms with Crippen molar-refractivity contribution in [2.45, 2.75) is 19.8 Å². The molecule has 4 nitrogen and oxygen atoms in total. The Labute approximate surface area is 124 Å². The zero-order valence-electron chi connectivity index (χ0n) is 12.2. The first-order valence-electron chi connectivity index (χ1n) is 6.94. The third-order valence-corrected chi connectivity index (χ3v) is 3.21. The van der Waals surface area contributed by atoms with Gasteiger partial charge in [-0.1, -0.05) is 37.3 Å². The molecular weight excluding hydrogens is 264 g/mol. The molecule has 2 aromatic rings. The van der Waals surface area contributed by atoms with E-state index < -0.39 is 0 Å². The number of pyridine rings is 1. The highest BCUT2D eigenvalue weighted by atomic mass is 16.1. The SMILES string of the molecule is CCC(=O)c1cc(Cc2ccccc2)nc(C(=O)NC)c1. The summed E-state index contributed by atoms with van der Waals surface area (Å²) < 4.78 is 0. The molecule has 0 bridgehead atoms. The van der Waals surface area contributed by atoms with Crippen LogP contribution in [0.1, 0.15) is 45.4 Å². The number of ketones is 1. The third-order valence-electron chi connectivity index (χ3n) is 3.21. The van der Waals surface area contributed by atoms with Gasteiger partial charge in [-0.15, -0.1) is 0 Å². The number of hydrogen-bond acceptors (Lipinski definition) is 3. The average molecular weight is 282 g/mol. The predicted molar refractivity (Wildman–Crippen MR) is 81.5 cm³/mol. The zero-order valence-corrected chi connectivity index (χ0v) is 12.2. The van der Waals surface area contributed by atoms with Crippen molar-refractivity contribution in [2.24, 2.45) is 0 Å². The first-order valence-corrected chi connectivity index (χ1v) is 6.94. The van der Waals surface area contributed by atoms with Crippen LogP contribution in [0.5, 0.6) is 0 Å². The smallest absolute Gasteiger partial charge is 0.269 e. The number of Topliss-reactive ketones (excluding diaryl/α,β-unsaturated/α-hetero) is 1. The highest BCUT2D eigenvalue weighted by Gasteiger charge is 2.13. The van der Waals surface area contributed by atoms with Gasteiger partial charge in [-0.25, -0.2) is 4.98 Å². The maximum Gasteiger partial charge on any atom is 0.269 e. The van der Waals surface area contributed by atoms with Crippen LogP contribution in [0.3, 0.4) is 0 Å². The molecule has 0 aliphatic carbocycles. The van der Waals surface area contributed by atoms with Gasteiger partial charge < -0.3 is 5.32 Å². The van der Waals surface area contributed by atoms with Crippen LogP contribution in [0.2, 0.25) is 0 Å². The van der Waals surface area contributed by atoms with Crippen molar-refractivity contribution in [3.63, 3.8) is 0 Å². The second-order valence-corrected chi connectivity index (χ2v) is 4.75. The van der Waals surface area contributed by atoms with E-state index in [4.69, 9.17) is 0 Å². The number of carbonyl (C=O) groups excluding carboxylic acids is 2. The van der Waals surface area contributed by atoms with Crippen LogP contribution in [0.4, 0.5) is 0 Å². The quantitative estimate of drug-likeness (QED) is 0.858. The third kappa shape index (κ3) is 3.75. The van der Waals surface area contributed by atoms with Gasteiger partial charge in [0.15, 0.2) is 5.78 Å². The van der Waals surface area contributed by atoms with E-state index in [9.17, 15) is 9.59 Å². The molecule has 0 fully saturated rings. The summed E-state index contributed by atoms with van der Waals surface area (Å²) in [6.07, 6.45) is 0.998. The lowest BCUT2D eigenvalue weighted by molar-refractivity contribution is 0.0958. The van der Waals surface area contributed by atoms with Crippen molar-refractivity contribution in [3.8, 4) is 0 Å². The number of benzene rings is 1. The predicted octanol–water partition coefficient (Wildman–Crippen LogP) is 2.62. The van der Waals surface area contributed by atoms with Gasteiger partial charge in [-0.3, -0.25) is 9.59 Å². The molecule has 2 rings (SSSR count). The summed E-state index contributed by atoms with van der Waals surface area (Å²) in [5.74, 6) is -0.271. The van der Waals surface area contributed by atoms with Crippen molar-refractivity contribution in [1.29, 1.82) is 0 Å². The van der Waals surface area contributed by atoms with Crippen LogP contribution in [-0.2, 0) is 6.42 Å². The first-order chi connectivity index (χ1) is 10.1. The number of hydrogen-bond donors (Lipinski definition) is 1. The van der Waals surface area contributed by atoms with Gasteiger partial charge >= 0.3 is 0 Å². The molecule has 0 aliphatic rings. The molecule has 0 unspecified atom stereocenters. The standard InChI is InChI=1S/C17H18N2O2/c1-3-16(20)13-10-14(9-12-7-5-4-6-8-12)19-15(11-13)17(21)18-2/h4-8,10-11H,3,9H2,1-2H3,(H,18,21). The number of nitrogens with one attached hydrogen (secondary N) is 1. The van der Waals surface area contributed by atoms with Gasteiger partial charge in [0.2, 0.25) is 0 Å². The first kappa shape index (κ1) is 14.9. The van der Waals surface area contributed by atoms with Gasteiger partial charge in [0.1, 0.15) is 5.69 Å². The molecule has 0 saturated heterocycles. The fraction of sp³-hybridized carbons (Fsp3) is 0.235. The van der Waals surface area contributed by atoms with Crippen LogP contribution in [0.15, 0.2) is 42.5 Å². The fourth-order valence-electron chi connectivity index (χ4n) is 2.09. The van der Waals surface area contributed by atoms with Crippen LogP contribution in [-0.4, -0.2) is 23.7 Å². The molecule has 0 spiro atoms. The molecule has 0 radical (unpaired) electrons. The van der Waals surface area contributed by atoms with Crippen LogP contribution >= 0.6 is 0 Å². The molecule has 0 aliphatic heterocycles. The molecule has 0 saturated carbocycles. The lowest BCUT2D eigenvalue weighted by atomic mass is 10.0. The molecular formula is C17H18N2O2. The molecule has 21 heavy (non-hydrogen) atoms. The van der Waals surface area contributed by atoms with Crippen LogP contribution < -0.4 is 5.32 Å². The van der Waals surface area contributed by atoms with E-state index in [2.05, 4.69) is 10.3 Å². The Kier molecular flexibility index (Phi) is 4.82.